The fourth-order valence-corrected chi connectivity index (χ4v) is 5.06. The minimum Gasteiger partial charge on any atom is -0.492 e. The lowest BCUT2D eigenvalue weighted by Gasteiger charge is -2.32. The van der Waals surface area contributed by atoms with Crippen LogP contribution in [0.15, 0.2) is 59.5 Å². The first kappa shape index (κ1) is 20.4. The van der Waals surface area contributed by atoms with Crippen molar-refractivity contribution in [2.75, 3.05) is 19.7 Å². The predicted molar refractivity (Wildman–Crippen MR) is 108 cm³/mol. The minimum absolute atomic E-state index is 0.0219. The van der Waals surface area contributed by atoms with Crippen LogP contribution in [0, 0.1) is 0 Å². The summed E-state index contributed by atoms with van der Waals surface area (Å²) in [6, 6.07) is 15.5. The number of sulfonamides is 1. The molecule has 0 saturated carbocycles. The van der Waals surface area contributed by atoms with E-state index < -0.39 is 10.0 Å². The van der Waals surface area contributed by atoms with Crippen molar-refractivity contribution in [2.45, 2.75) is 37.1 Å². The molecule has 0 bridgehead atoms. The van der Waals surface area contributed by atoms with E-state index in [2.05, 4.69) is 5.32 Å². The molecule has 7 heteroatoms. The smallest absolute Gasteiger partial charge is 0.251 e. The summed E-state index contributed by atoms with van der Waals surface area (Å²) in [6.07, 6.45) is 2.77. The van der Waals surface area contributed by atoms with E-state index in [4.69, 9.17) is 4.74 Å². The molecule has 3 rings (SSSR count). The van der Waals surface area contributed by atoms with Crippen molar-refractivity contribution < 1.29 is 17.9 Å². The van der Waals surface area contributed by atoms with Gasteiger partial charge in [-0.25, -0.2) is 8.42 Å². The summed E-state index contributed by atoms with van der Waals surface area (Å²) in [5.41, 5.74) is 0.324. The van der Waals surface area contributed by atoms with Gasteiger partial charge in [0.05, 0.1) is 11.4 Å². The molecule has 0 radical (unpaired) electrons. The molecule has 1 unspecified atom stereocenters. The molecule has 1 aliphatic rings. The molecule has 2 aromatic rings. The number of ether oxygens (including phenoxy) is 1. The Hall–Kier alpha value is -2.38. The van der Waals surface area contributed by atoms with Gasteiger partial charge in [0.25, 0.3) is 5.91 Å². The van der Waals surface area contributed by atoms with Gasteiger partial charge in [-0.2, -0.15) is 4.31 Å². The highest BCUT2D eigenvalue weighted by atomic mass is 32.2. The fourth-order valence-electron chi connectivity index (χ4n) is 3.31. The average molecular weight is 403 g/mol. The summed E-state index contributed by atoms with van der Waals surface area (Å²) in [5, 5.41) is 2.76. The Labute approximate surface area is 166 Å². The molecule has 0 aromatic heterocycles. The van der Waals surface area contributed by atoms with E-state index in [1.54, 1.807) is 22.5 Å². The Balaban J connectivity index is 1.61. The van der Waals surface area contributed by atoms with E-state index >= 15 is 0 Å². The third-order valence-corrected chi connectivity index (χ3v) is 6.85. The van der Waals surface area contributed by atoms with Crippen molar-refractivity contribution >= 4 is 15.9 Å². The monoisotopic (exact) mass is 402 g/mol. The van der Waals surface area contributed by atoms with Crippen LogP contribution in [-0.4, -0.2) is 44.4 Å². The lowest BCUT2D eigenvalue weighted by atomic mass is 10.1. The van der Waals surface area contributed by atoms with Crippen molar-refractivity contribution in [2.24, 2.45) is 0 Å². The van der Waals surface area contributed by atoms with Gasteiger partial charge in [-0.15, -0.1) is 0 Å². The van der Waals surface area contributed by atoms with Crippen molar-refractivity contribution in [3.05, 3.63) is 60.2 Å². The molecule has 28 heavy (non-hydrogen) atoms. The first-order valence-electron chi connectivity index (χ1n) is 9.56. The number of piperidine rings is 1. The van der Waals surface area contributed by atoms with E-state index in [9.17, 15) is 13.2 Å². The number of nitrogens with zero attached hydrogens (tertiary/aromatic N) is 1. The largest absolute Gasteiger partial charge is 0.492 e. The van der Waals surface area contributed by atoms with Gasteiger partial charge in [0.2, 0.25) is 10.0 Å². The number of para-hydroxylation sites is 1. The summed E-state index contributed by atoms with van der Waals surface area (Å²) in [4.78, 5) is 12.6. The fraction of sp³-hybridized carbons (Fsp3) is 0.381. The molecule has 1 aliphatic heterocycles. The molecule has 1 fully saturated rings. The second-order valence-electron chi connectivity index (χ2n) is 6.91. The molecule has 150 valence electrons. The molecular formula is C21H26N2O4S. The number of hydrogen-bond acceptors (Lipinski definition) is 4. The summed E-state index contributed by atoms with van der Waals surface area (Å²) >= 11 is 0. The number of carbonyl (C=O) groups excluding carboxylic acids is 1. The highest BCUT2D eigenvalue weighted by molar-refractivity contribution is 7.89. The lowest BCUT2D eigenvalue weighted by molar-refractivity contribution is 0.0947. The first-order chi connectivity index (χ1) is 13.5. The van der Waals surface area contributed by atoms with Gasteiger partial charge < -0.3 is 10.1 Å². The Morgan fingerprint density at radius 2 is 1.93 bits per heavy atom. The number of nitrogens with one attached hydrogen (secondary N) is 1. The van der Waals surface area contributed by atoms with E-state index in [0.29, 0.717) is 25.3 Å². The summed E-state index contributed by atoms with van der Waals surface area (Å²) in [6.45, 7) is 3.11. The van der Waals surface area contributed by atoms with Gasteiger partial charge in [-0.3, -0.25) is 4.79 Å². The SMILES string of the molecule is CC1CCCCN1S(=O)(=O)c1cccc(C(=O)NCCOc2ccccc2)c1. The highest BCUT2D eigenvalue weighted by Crippen LogP contribution is 2.25. The zero-order chi connectivity index (χ0) is 20.0. The topological polar surface area (TPSA) is 75.7 Å². The van der Waals surface area contributed by atoms with E-state index in [-0.39, 0.29) is 16.8 Å². The Morgan fingerprint density at radius 3 is 2.68 bits per heavy atom. The first-order valence-corrected chi connectivity index (χ1v) is 11.0. The molecular weight excluding hydrogens is 376 g/mol. The van der Waals surface area contributed by atoms with Gasteiger partial charge in [-0.1, -0.05) is 30.7 Å². The van der Waals surface area contributed by atoms with Crippen LogP contribution < -0.4 is 10.1 Å². The highest BCUT2D eigenvalue weighted by Gasteiger charge is 2.31. The van der Waals surface area contributed by atoms with Crippen LogP contribution in [0.1, 0.15) is 36.5 Å². The molecule has 1 saturated heterocycles. The van der Waals surface area contributed by atoms with Crippen LogP contribution in [0.25, 0.3) is 0 Å². The normalized spacial score (nSPS) is 17.8. The van der Waals surface area contributed by atoms with E-state index in [1.165, 1.54) is 6.07 Å². The van der Waals surface area contributed by atoms with Crippen LogP contribution in [0.2, 0.25) is 0 Å². The quantitative estimate of drug-likeness (QED) is 0.722. The van der Waals surface area contributed by atoms with Gasteiger partial charge in [0.15, 0.2) is 0 Å². The number of rotatable bonds is 7. The van der Waals surface area contributed by atoms with E-state index in [1.807, 2.05) is 37.3 Å². The van der Waals surface area contributed by atoms with Crippen LogP contribution in [0.4, 0.5) is 0 Å². The molecule has 1 heterocycles. The third-order valence-electron chi connectivity index (χ3n) is 4.84. The van der Waals surface area contributed by atoms with Crippen molar-refractivity contribution in [3.63, 3.8) is 0 Å². The number of hydrogen-bond donors (Lipinski definition) is 1. The Kier molecular flexibility index (Phi) is 6.70. The van der Waals surface area contributed by atoms with Gasteiger partial charge >= 0.3 is 0 Å². The standard InChI is InChI=1S/C21H26N2O4S/c1-17-8-5-6-14-23(17)28(25,26)20-12-7-9-18(16-20)21(24)22-13-15-27-19-10-3-2-4-11-19/h2-4,7,9-12,16-17H,5-6,8,13-15H2,1H3,(H,22,24). The maximum absolute atomic E-state index is 13.0. The molecule has 0 aliphatic carbocycles. The van der Waals surface area contributed by atoms with Crippen LogP contribution in [0.3, 0.4) is 0 Å². The van der Waals surface area contributed by atoms with E-state index in [0.717, 1.165) is 25.0 Å². The molecule has 2 aromatic carbocycles. The summed E-state index contributed by atoms with van der Waals surface area (Å²) < 4.78 is 33.0. The second-order valence-corrected chi connectivity index (χ2v) is 8.80. The van der Waals surface area contributed by atoms with Crippen molar-refractivity contribution in [1.82, 2.24) is 9.62 Å². The maximum Gasteiger partial charge on any atom is 0.251 e. The number of benzene rings is 2. The molecule has 1 amide bonds. The van der Waals surface area contributed by atoms with Crippen LogP contribution in [-0.2, 0) is 10.0 Å². The zero-order valence-electron chi connectivity index (χ0n) is 16.0. The minimum atomic E-state index is -3.60. The average Bonchev–Trinajstić information content (AvgIpc) is 2.72. The second kappa shape index (κ2) is 9.21. The molecule has 1 N–H and O–H groups in total. The summed E-state index contributed by atoms with van der Waals surface area (Å²) in [7, 11) is -3.60. The number of amides is 1. The van der Waals surface area contributed by atoms with Crippen molar-refractivity contribution in [1.29, 1.82) is 0 Å². The van der Waals surface area contributed by atoms with Crippen LogP contribution >= 0.6 is 0 Å². The molecule has 0 spiro atoms. The maximum atomic E-state index is 13.0. The van der Waals surface area contributed by atoms with Gasteiger partial charge in [0.1, 0.15) is 12.4 Å². The third kappa shape index (κ3) is 4.91. The summed E-state index contributed by atoms with van der Waals surface area (Å²) in [5.74, 6) is 0.417. The van der Waals surface area contributed by atoms with Crippen LogP contribution in [0.5, 0.6) is 5.75 Å². The molecule has 6 nitrogen and oxygen atoms in total. The molecule has 1 atom stereocenters. The zero-order valence-corrected chi connectivity index (χ0v) is 16.8. The van der Waals surface area contributed by atoms with Gasteiger partial charge in [-0.05, 0) is 50.1 Å². The Morgan fingerprint density at radius 1 is 1.14 bits per heavy atom. The Bertz CT molecular complexity index is 900. The lowest BCUT2D eigenvalue weighted by Crippen LogP contribution is -2.42. The van der Waals surface area contributed by atoms with Crippen molar-refractivity contribution in [3.8, 4) is 5.75 Å². The predicted octanol–water partition coefficient (Wildman–Crippen LogP) is 3.06. The van der Waals surface area contributed by atoms with Gasteiger partial charge in [0, 0.05) is 18.2 Å². The number of carbonyl (C=O) groups is 1.